The van der Waals surface area contributed by atoms with E-state index in [-0.39, 0.29) is 11.5 Å². The van der Waals surface area contributed by atoms with Crippen molar-refractivity contribution in [2.75, 3.05) is 0 Å². The summed E-state index contributed by atoms with van der Waals surface area (Å²) in [6.07, 6.45) is 1.97. The number of aromatic amines is 1. The molecule has 0 unspecified atom stereocenters. The van der Waals surface area contributed by atoms with Crippen LogP contribution in [0.15, 0.2) is 54.7 Å². The van der Waals surface area contributed by atoms with E-state index in [0.717, 1.165) is 22.0 Å². The molecule has 2 aromatic heterocycles. The number of benzene rings is 2. The third-order valence-electron chi connectivity index (χ3n) is 4.09. The van der Waals surface area contributed by atoms with Crippen LogP contribution in [0.2, 0.25) is 0 Å². The Morgan fingerprint density at radius 1 is 1.12 bits per heavy atom. The number of hydrogen-bond donors (Lipinski definition) is 2. The number of nitrogens with one attached hydrogen (secondary N) is 1. The maximum atomic E-state index is 13.0. The Balaban J connectivity index is 1.70. The number of carbonyl (C=O) groups excluding carboxylic acids is 1. The van der Waals surface area contributed by atoms with E-state index in [1.165, 1.54) is 12.1 Å². The number of carbonyl (C=O) groups is 1. The molecule has 0 fully saturated rings. The molecule has 7 heteroatoms. The average molecular weight is 335 g/mol. The fourth-order valence-corrected chi connectivity index (χ4v) is 2.88. The maximum absolute atomic E-state index is 13.0. The van der Waals surface area contributed by atoms with Gasteiger partial charge in [-0.1, -0.05) is 18.2 Å². The summed E-state index contributed by atoms with van der Waals surface area (Å²) in [5.41, 5.74) is 8.66. The lowest BCUT2D eigenvalue weighted by molar-refractivity contribution is 0.0996. The molecule has 4 rings (SSSR count). The van der Waals surface area contributed by atoms with Crippen molar-refractivity contribution in [2.24, 2.45) is 5.73 Å². The Morgan fingerprint density at radius 3 is 2.68 bits per heavy atom. The number of halogens is 1. The normalized spacial score (nSPS) is 11.1. The zero-order valence-corrected chi connectivity index (χ0v) is 13.1. The molecule has 3 N–H and O–H groups in total. The molecule has 4 aromatic rings. The van der Waals surface area contributed by atoms with E-state index in [1.807, 2.05) is 30.5 Å². The van der Waals surface area contributed by atoms with E-state index >= 15 is 0 Å². The van der Waals surface area contributed by atoms with Crippen molar-refractivity contribution >= 4 is 16.8 Å². The van der Waals surface area contributed by atoms with Crippen LogP contribution in [0.1, 0.15) is 16.1 Å². The summed E-state index contributed by atoms with van der Waals surface area (Å²) in [7, 11) is 0. The Hall–Kier alpha value is -3.48. The highest BCUT2D eigenvalue weighted by molar-refractivity contribution is 5.97. The van der Waals surface area contributed by atoms with Gasteiger partial charge < -0.3 is 10.3 Å². The van der Waals surface area contributed by atoms with Crippen LogP contribution in [0.4, 0.5) is 4.39 Å². The second-order valence-electron chi connectivity index (χ2n) is 5.73. The van der Waals surface area contributed by atoms with Gasteiger partial charge in [0, 0.05) is 29.2 Å². The number of rotatable bonds is 4. The van der Waals surface area contributed by atoms with Crippen molar-refractivity contribution in [3.8, 4) is 11.3 Å². The third-order valence-corrected chi connectivity index (χ3v) is 4.09. The molecule has 0 aliphatic carbocycles. The summed E-state index contributed by atoms with van der Waals surface area (Å²) in [6.45, 7) is 0.639. The molecule has 0 bridgehead atoms. The standard InChI is InChI=1S/C18H14FN5O/c19-14-4-1-11(2-5-14)10-24-8-7-12-9-13(3-6-15(12)24)16-17(18(20)25)22-23-21-16/h1-9H,10H2,(H2,20,25)(H,21,22,23). The van der Waals surface area contributed by atoms with Crippen LogP contribution < -0.4 is 5.73 Å². The molecule has 124 valence electrons. The summed E-state index contributed by atoms with van der Waals surface area (Å²) in [6, 6.07) is 14.2. The van der Waals surface area contributed by atoms with Crippen LogP contribution in [0.25, 0.3) is 22.2 Å². The Bertz CT molecular complexity index is 1060. The SMILES string of the molecule is NC(=O)c1n[nH]nc1-c1ccc2c(ccn2Cc2ccc(F)cc2)c1. The number of primary amides is 1. The monoisotopic (exact) mass is 335 g/mol. The minimum atomic E-state index is -0.627. The second kappa shape index (κ2) is 5.86. The molecular weight excluding hydrogens is 321 g/mol. The predicted octanol–water partition coefficient (Wildman–Crippen LogP) is 2.71. The average Bonchev–Trinajstić information content (AvgIpc) is 3.24. The number of H-pyrrole nitrogens is 1. The molecule has 0 saturated heterocycles. The molecule has 2 aromatic carbocycles. The largest absolute Gasteiger partial charge is 0.364 e. The van der Waals surface area contributed by atoms with Crippen LogP contribution in [-0.4, -0.2) is 25.9 Å². The quantitative estimate of drug-likeness (QED) is 0.601. The molecule has 25 heavy (non-hydrogen) atoms. The predicted molar refractivity (Wildman–Crippen MR) is 91.3 cm³/mol. The Kier molecular flexibility index (Phi) is 3.53. The first-order valence-electron chi connectivity index (χ1n) is 7.66. The topological polar surface area (TPSA) is 89.6 Å². The number of nitrogens with zero attached hydrogens (tertiary/aromatic N) is 3. The molecule has 2 heterocycles. The summed E-state index contributed by atoms with van der Waals surface area (Å²) in [5, 5.41) is 11.2. The molecule has 0 aliphatic rings. The van der Waals surface area contributed by atoms with Gasteiger partial charge in [0.15, 0.2) is 5.69 Å². The molecule has 0 spiro atoms. The van der Waals surface area contributed by atoms with Gasteiger partial charge in [-0.3, -0.25) is 4.79 Å². The highest BCUT2D eigenvalue weighted by Gasteiger charge is 2.15. The van der Waals surface area contributed by atoms with Gasteiger partial charge in [0.2, 0.25) is 0 Å². The number of fused-ring (bicyclic) bond motifs is 1. The van der Waals surface area contributed by atoms with Crippen LogP contribution >= 0.6 is 0 Å². The van der Waals surface area contributed by atoms with E-state index in [1.54, 1.807) is 12.1 Å². The molecule has 6 nitrogen and oxygen atoms in total. The van der Waals surface area contributed by atoms with E-state index in [2.05, 4.69) is 20.0 Å². The van der Waals surface area contributed by atoms with Gasteiger partial charge in [-0.15, -0.1) is 0 Å². The second-order valence-corrected chi connectivity index (χ2v) is 5.73. The van der Waals surface area contributed by atoms with Crippen LogP contribution in [0, 0.1) is 5.82 Å². The highest BCUT2D eigenvalue weighted by atomic mass is 19.1. The van der Waals surface area contributed by atoms with Crippen molar-refractivity contribution in [1.29, 1.82) is 0 Å². The molecule has 1 amide bonds. The minimum Gasteiger partial charge on any atom is -0.364 e. The van der Waals surface area contributed by atoms with Crippen LogP contribution in [0.5, 0.6) is 0 Å². The molecule has 0 atom stereocenters. The van der Waals surface area contributed by atoms with Crippen LogP contribution in [-0.2, 0) is 6.54 Å². The van der Waals surface area contributed by atoms with Gasteiger partial charge in [0.05, 0.1) is 0 Å². The lowest BCUT2D eigenvalue weighted by atomic mass is 10.1. The zero-order valence-electron chi connectivity index (χ0n) is 13.1. The van der Waals surface area contributed by atoms with Gasteiger partial charge in [-0.2, -0.15) is 15.4 Å². The lowest BCUT2D eigenvalue weighted by Crippen LogP contribution is -2.12. The van der Waals surface area contributed by atoms with Gasteiger partial charge in [-0.05, 0) is 35.9 Å². The molecule has 0 saturated carbocycles. The first-order valence-corrected chi connectivity index (χ1v) is 7.66. The summed E-state index contributed by atoms with van der Waals surface area (Å²) < 4.78 is 15.1. The lowest BCUT2D eigenvalue weighted by Gasteiger charge is -2.06. The van der Waals surface area contributed by atoms with Crippen molar-refractivity contribution in [3.63, 3.8) is 0 Å². The number of nitrogens with two attached hydrogens (primary N) is 1. The van der Waals surface area contributed by atoms with Gasteiger partial charge >= 0.3 is 0 Å². The highest BCUT2D eigenvalue weighted by Crippen LogP contribution is 2.26. The Labute approximate surface area is 142 Å². The van der Waals surface area contributed by atoms with Crippen molar-refractivity contribution in [1.82, 2.24) is 20.0 Å². The number of aromatic nitrogens is 4. The first kappa shape index (κ1) is 15.1. The van der Waals surface area contributed by atoms with Gasteiger partial charge in [0.1, 0.15) is 11.5 Å². The minimum absolute atomic E-state index is 0.116. The van der Waals surface area contributed by atoms with Crippen molar-refractivity contribution < 1.29 is 9.18 Å². The number of amides is 1. The van der Waals surface area contributed by atoms with E-state index in [4.69, 9.17) is 5.73 Å². The van der Waals surface area contributed by atoms with Gasteiger partial charge in [-0.25, -0.2) is 4.39 Å². The zero-order chi connectivity index (χ0) is 17.4. The van der Waals surface area contributed by atoms with Gasteiger partial charge in [0.25, 0.3) is 5.91 Å². The maximum Gasteiger partial charge on any atom is 0.271 e. The van der Waals surface area contributed by atoms with E-state index < -0.39 is 5.91 Å². The summed E-state index contributed by atoms with van der Waals surface area (Å²) >= 11 is 0. The van der Waals surface area contributed by atoms with Crippen LogP contribution in [0.3, 0.4) is 0 Å². The molecule has 0 aliphatic heterocycles. The fraction of sp³-hybridized carbons (Fsp3) is 0.0556. The molecular formula is C18H14FN5O. The van der Waals surface area contributed by atoms with E-state index in [0.29, 0.717) is 12.2 Å². The van der Waals surface area contributed by atoms with Crippen molar-refractivity contribution in [2.45, 2.75) is 6.54 Å². The third kappa shape index (κ3) is 2.76. The Morgan fingerprint density at radius 2 is 1.92 bits per heavy atom. The molecule has 0 radical (unpaired) electrons. The van der Waals surface area contributed by atoms with E-state index in [9.17, 15) is 9.18 Å². The fourth-order valence-electron chi connectivity index (χ4n) is 2.88. The first-order chi connectivity index (χ1) is 12.1. The summed E-state index contributed by atoms with van der Waals surface area (Å²) in [5.74, 6) is -0.874. The number of hydrogen-bond acceptors (Lipinski definition) is 3. The summed E-state index contributed by atoms with van der Waals surface area (Å²) in [4.78, 5) is 11.4. The van der Waals surface area contributed by atoms with Crippen molar-refractivity contribution in [3.05, 3.63) is 71.8 Å². The smallest absolute Gasteiger partial charge is 0.271 e.